The summed E-state index contributed by atoms with van der Waals surface area (Å²) in [7, 11) is 0. The molecule has 0 atom stereocenters. The second kappa shape index (κ2) is 8.50. The normalized spacial score (nSPS) is 11.6. The topological polar surface area (TPSA) is 64.3 Å². The molecule has 5 nitrogen and oxygen atoms in total. The maximum absolute atomic E-state index is 13.0. The second-order valence-electron chi connectivity index (χ2n) is 9.20. The van der Waals surface area contributed by atoms with Gasteiger partial charge in [0.1, 0.15) is 5.78 Å². The fourth-order valence-corrected chi connectivity index (χ4v) is 3.86. The Morgan fingerprint density at radius 2 is 1.66 bits per heavy atom. The minimum absolute atomic E-state index is 0.0183. The van der Waals surface area contributed by atoms with Crippen LogP contribution < -0.4 is 0 Å². The maximum Gasteiger partial charge on any atom is 0.168 e. The molecule has 0 aliphatic heterocycles. The van der Waals surface area contributed by atoms with Crippen molar-refractivity contribution in [3.63, 3.8) is 0 Å². The molecule has 2 heterocycles. The third-order valence-electron chi connectivity index (χ3n) is 5.56. The van der Waals surface area contributed by atoms with Gasteiger partial charge in [0.2, 0.25) is 0 Å². The third-order valence-corrected chi connectivity index (χ3v) is 5.56. The lowest BCUT2D eigenvalue weighted by Gasteiger charge is -2.19. The lowest BCUT2D eigenvalue weighted by Crippen LogP contribution is -2.12. The SMILES string of the molecule is CC(=O)Cc1ccccc1-c1cc(CC(=O)c2ccc(C(C)(C)C)cc2)nc2ccnn12. The van der Waals surface area contributed by atoms with Gasteiger partial charge < -0.3 is 0 Å². The van der Waals surface area contributed by atoms with Gasteiger partial charge in [0, 0.05) is 23.6 Å². The molecule has 0 bridgehead atoms. The van der Waals surface area contributed by atoms with Gasteiger partial charge in [-0.3, -0.25) is 9.59 Å². The lowest BCUT2D eigenvalue weighted by atomic mass is 9.86. The molecule has 0 fully saturated rings. The molecule has 32 heavy (non-hydrogen) atoms. The lowest BCUT2D eigenvalue weighted by molar-refractivity contribution is -0.116. The van der Waals surface area contributed by atoms with E-state index >= 15 is 0 Å². The van der Waals surface area contributed by atoms with Crippen molar-refractivity contribution in [3.8, 4) is 11.3 Å². The summed E-state index contributed by atoms with van der Waals surface area (Å²) in [5.41, 5.74) is 5.92. The van der Waals surface area contributed by atoms with Crippen molar-refractivity contribution in [3.05, 3.63) is 89.2 Å². The monoisotopic (exact) mass is 425 g/mol. The average Bonchev–Trinajstić information content (AvgIpc) is 3.21. The standard InChI is InChI=1S/C27H27N3O2/c1-18(31)15-20-7-5-6-8-23(20)24-16-22(29-26-13-14-28-30(24)26)17-25(32)19-9-11-21(12-10-19)27(2,3)4/h5-14,16H,15,17H2,1-4H3. The Balaban J connectivity index is 1.70. The highest BCUT2D eigenvalue weighted by Gasteiger charge is 2.17. The zero-order valence-corrected chi connectivity index (χ0v) is 18.9. The predicted molar refractivity (Wildman–Crippen MR) is 126 cm³/mol. The summed E-state index contributed by atoms with van der Waals surface area (Å²) in [6.07, 6.45) is 2.23. The highest BCUT2D eigenvalue weighted by Crippen LogP contribution is 2.26. The zero-order valence-electron chi connectivity index (χ0n) is 18.9. The largest absolute Gasteiger partial charge is 0.300 e. The molecular formula is C27H27N3O2. The van der Waals surface area contributed by atoms with Crippen molar-refractivity contribution in [1.29, 1.82) is 0 Å². The van der Waals surface area contributed by atoms with Gasteiger partial charge in [0.15, 0.2) is 11.4 Å². The molecule has 0 spiro atoms. The molecule has 0 radical (unpaired) electrons. The van der Waals surface area contributed by atoms with Crippen LogP contribution in [0, 0.1) is 0 Å². The first-order valence-corrected chi connectivity index (χ1v) is 10.8. The molecular weight excluding hydrogens is 398 g/mol. The number of carbonyl (C=O) groups is 2. The van der Waals surface area contributed by atoms with E-state index in [9.17, 15) is 9.59 Å². The molecule has 5 heteroatoms. The molecule has 0 N–H and O–H groups in total. The molecule has 0 unspecified atom stereocenters. The molecule has 0 amide bonds. The van der Waals surface area contributed by atoms with E-state index in [0.717, 1.165) is 16.8 Å². The predicted octanol–water partition coefficient (Wildman–Crippen LogP) is 5.25. The number of rotatable bonds is 6. The number of Topliss-reactive ketones (excluding diaryl/α,β-unsaturated/α-hetero) is 2. The third kappa shape index (κ3) is 4.52. The van der Waals surface area contributed by atoms with E-state index in [1.807, 2.05) is 60.7 Å². The van der Waals surface area contributed by atoms with Crippen LogP contribution in [0.4, 0.5) is 0 Å². The number of nitrogens with zero attached hydrogens (tertiary/aromatic N) is 3. The van der Waals surface area contributed by atoms with Gasteiger partial charge in [-0.25, -0.2) is 9.50 Å². The molecule has 0 saturated heterocycles. The summed E-state index contributed by atoms with van der Waals surface area (Å²) in [6, 6.07) is 19.3. The molecule has 2 aromatic carbocycles. The maximum atomic E-state index is 13.0. The van der Waals surface area contributed by atoms with Crippen molar-refractivity contribution in [2.24, 2.45) is 0 Å². The second-order valence-corrected chi connectivity index (χ2v) is 9.20. The average molecular weight is 426 g/mol. The van der Waals surface area contributed by atoms with Crippen LogP contribution in [0.5, 0.6) is 0 Å². The summed E-state index contributed by atoms with van der Waals surface area (Å²) in [4.78, 5) is 29.4. The van der Waals surface area contributed by atoms with Gasteiger partial charge in [0.25, 0.3) is 0 Å². The van der Waals surface area contributed by atoms with Crippen molar-refractivity contribution >= 4 is 17.2 Å². The first kappa shape index (κ1) is 21.6. The smallest absolute Gasteiger partial charge is 0.168 e. The molecule has 0 aliphatic carbocycles. The highest BCUT2D eigenvalue weighted by molar-refractivity contribution is 5.97. The number of benzene rings is 2. The molecule has 2 aromatic heterocycles. The first-order chi connectivity index (χ1) is 15.2. The Morgan fingerprint density at radius 3 is 2.34 bits per heavy atom. The number of aromatic nitrogens is 3. The van der Waals surface area contributed by atoms with Crippen LogP contribution in [0.15, 0.2) is 66.9 Å². The van der Waals surface area contributed by atoms with Gasteiger partial charge in [-0.15, -0.1) is 0 Å². The van der Waals surface area contributed by atoms with E-state index in [0.29, 0.717) is 23.3 Å². The van der Waals surface area contributed by atoms with Crippen molar-refractivity contribution in [2.45, 2.75) is 46.0 Å². The Hall–Kier alpha value is -3.60. The Kier molecular flexibility index (Phi) is 5.74. The van der Waals surface area contributed by atoms with Gasteiger partial charge in [-0.1, -0.05) is 69.3 Å². The van der Waals surface area contributed by atoms with Crippen LogP contribution in [0.25, 0.3) is 16.9 Å². The summed E-state index contributed by atoms with van der Waals surface area (Å²) in [5.74, 6) is 0.113. The fraction of sp³-hybridized carbons (Fsp3) is 0.259. The minimum Gasteiger partial charge on any atom is -0.300 e. The van der Waals surface area contributed by atoms with Crippen LogP contribution in [-0.4, -0.2) is 26.2 Å². The Morgan fingerprint density at radius 1 is 0.938 bits per heavy atom. The van der Waals surface area contributed by atoms with Gasteiger partial charge in [0.05, 0.1) is 24.0 Å². The van der Waals surface area contributed by atoms with E-state index in [1.165, 1.54) is 5.56 Å². The van der Waals surface area contributed by atoms with Crippen LogP contribution in [0.3, 0.4) is 0 Å². The molecule has 162 valence electrons. The number of hydrogen-bond acceptors (Lipinski definition) is 4. The van der Waals surface area contributed by atoms with Crippen LogP contribution in [-0.2, 0) is 23.1 Å². The number of carbonyl (C=O) groups excluding carboxylic acids is 2. The zero-order chi connectivity index (χ0) is 22.9. The van der Waals surface area contributed by atoms with Crippen LogP contribution in [0.1, 0.15) is 54.9 Å². The number of ketones is 2. The molecule has 4 rings (SSSR count). The molecule has 4 aromatic rings. The van der Waals surface area contributed by atoms with Crippen molar-refractivity contribution in [2.75, 3.05) is 0 Å². The highest BCUT2D eigenvalue weighted by atomic mass is 16.1. The van der Waals surface area contributed by atoms with E-state index in [-0.39, 0.29) is 23.4 Å². The van der Waals surface area contributed by atoms with Crippen molar-refractivity contribution in [1.82, 2.24) is 14.6 Å². The van der Waals surface area contributed by atoms with E-state index < -0.39 is 0 Å². The summed E-state index contributed by atoms with van der Waals surface area (Å²) < 4.78 is 1.76. The van der Waals surface area contributed by atoms with Crippen LogP contribution >= 0.6 is 0 Å². The summed E-state index contributed by atoms with van der Waals surface area (Å²) >= 11 is 0. The van der Waals surface area contributed by atoms with E-state index in [4.69, 9.17) is 0 Å². The number of fused-ring (bicyclic) bond motifs is 1. The minimum atomic E-state index is 0.0183. The van der Waals surface area contributed by atoms with E-state index in [1.54, 1.807) is 17.6 Å². The molecule has 0 aliphatic rings. The Labute approximate surface area is 188 Å². The van der Waals surface area contributed by atoms with Crippen LogP contribution in [0.2, 0.25) is 0 Å². The van der Waals surface area contributed by atoms with Crippen molar-refractivity contribution < 1.29 is 9.59 Å². The van der Waals surface area contributed by atoms with E-state index in [2.05, 4.69) is 30.9 Å². The van der Waals surface area contributed by atoms with Gasteiger partial charge >= 0.3 is 0 Å². The summed E-state index contributed by atoms with van der Waals surface area (Å²) in [6.45, 7) is 8.04. The fourth-order valence-electron chi connectivity index (χ4n) is 3.86. The Bertz CT molecular complexity index is 1290. The van der Waals surface area contributed by atoms with Gasteiger partial charge in [-0.2, -0.15) is 5.10 Å². The van der Waals surface area contributed by atoms with Gasteiger partial charge in [-0.05, 0) is 29.5 Å². The first-order valence-electron chi connectivity index (χ1n) is 10.8. The molecule has 0 saturated carbocycles. The summed E-state index contributed by atoms with van der Waals surface area (Å²) in [5, 5.41) is 4.41. The quantitative estimate of drug-likeness (QED) is 0.396. The number of hydrogen-bond donors (Lipinski definition) is 0.